The summed E-state index contributed by atoms with van der Waals surface area (Å²) in [6.07, 6.45) is 2.83. The molecule has 0 saturated heterocycles. The van der Waals surface area contributed by atoms with Gasteiger partial charge in [0.25, 0.3) is 0 Å². The summed E-state index contributed by atoms with van der Waals surface area (Å²) in [5.41, 5.74) is 0. The van der Waals surface area contributed by atoms with Gasteiger partial charge in [0.15, 0.2) is 0 Å². The molecule has 0 atom stereocenters. The van der Waals surface area contributed by atoms with Crippen molar-refractivity contribution in [1.29, 1.82) is 5.41 Å². The zero-order valence-corrected chi connectivity index (χ0v) is 10.2. The first-order chi connectivity index (χ1) is 7.26. The smallest absolute Gasteiger partial charge is 0.0958 e. The van der Waals surface area contributed by atoms with Gasteiger partial charge in [0.05, 0.1) is 12.4 Å². The molecule has 4 nitrogen and oxygen atoms in total. The number of hydrogen-bond acceptors (Lipinski definition) is 3. The van der Waals surface area contributed by atoms with Crippen LogP contribution in [-0.2, 0) is 9.47 Å². The van der Waals surface area contributed by atoms with Crippen molar-refractivity contribution in [3.63, 3.8) is 0 Å². The molecule has 1 N–H and O–H groups in total. The lowest BCUT2D eigenvalue weighted by Crippen LogP contribution is -2.34. The van der Waals surface area contributed by atoms with Crippen LogP contribution in [0.3, 0.4) is 0 Å². The highest BCUT2D eigenvalue weighted by atomic mass is 16.5. The van der Waals surface area contributed by atoms with E-state index in [1.54, 1.807) is 14.2 Å². The van der Waals surface area contributed by atoms with Crippen LogP contribution in [0.2, 0.25) is 0 Å². The van der Waals surface area contributed by atoms with Crippen molar-refractivity contribution < 1.29 is 9.47 Å². The molecule has 0 bridgehead atoms. The summed E-state index contributed by atoms with van der Waals surface area (Å²) < 4.78 is 10.0. The zero-order chi connectivity index (χ0) is 11.5. The van der Waals surface area contributed by atoms with Crippen molar-refractivity contribution in [1.82, 2.24) is 4.90 Å². The van der Waals surface area contributed by atoms with Crippen LogP contribution in [0.1, 0.15) is 26.2 Å². The monoisotopic (exact) mass is 216 g/mol. The van der Waals surface area contributed by atoms with Gasteiger partial charge < -0.3 is 14.4 Å². The van der Waals surface area contributed by atoms with Crippen LogP contribution in [0.4, 0.5) is 0 Å². The van der Waals surface area contributed by atoms with Crippen molar-refractivity contribution in [2.75, 3.05) is 40.5 Å². The van der Waals surface area contributed by atoms with Crippen molar-refractivity contribution in [3.05, 3.63) is 0 Å². The van der Waals surface area contributed by atoms with Crippen LogP contribution in [0.5, 0.6) is 0 Å². The van der Waals surface area contributed by atoms with Gasteiger partial charge >= 0.3 is 0 Å². The average molecular weight is 216 g/mol. The number of hydrogen-bond donors (Lipinski definition) is 1. The molecule has 0 heterocycles. The summed E-state index contributed by atoms with van der Waals surface area (Å²) in [4.78, 5) is 2.08. The molecule has 90 valence electrons. The molecule has 0 aliphatic rings. The molecule has 0 radical (unpaired) electrons. The largest absolute Gasteiger partial charge is 0.385 e. The number of nitrogens with one attached hydrogen (secondary N) is 1. The minimum absolute atomic E-state index is 0.680. The number of ether oxygens (including phenoxy) is 2. The fourth-order valence-electron chi connectivity index (χ4n) is 1.38. The topological polar surface area (TPSA) is 45.6 Å². The maximum Gasteiger partial charge on any atom is 0.0958 e. The molecule has 4 heteroatoms. The van der Waals surface area contributed by atoms with Gasteiger partial charge in [-0.05, 0) is 12.8 Å². The molecule has 15 heavy (non-hydrogen) atoms. The third kappa shape index (κ3) is 7.33. The third-order valence-corrected chi connectivity index (χ3v) is 2.21. The fraction of sp³-hybridized carbons (Fsp3) is 0.909. The lowest BCUT2D eigenvalue weighted by molar-refractivity contribution is 0.160. The molecule has 0 spiro atoms. The summed E-state index contributed by atoms with van der Waals surface area (Å²) in [6.45, 7) is 5.22. The Bertz CT molecular complexity index is 163. The second kappa shape index (κ2) is 9.93. The van der Waals surface area contributed by atoms with E-state index in [0.717, 1.165) is 39.0 Å². The van der Waals surface area contributed by atoms with Crippen LogP contribution in [-0.4, -0.2) is 51.3 Å². The molecule has 0 aromatic rings. The first-order valence-electron chi connectivity index (χ1n) is 5.56. The van der Waals surface area contributed by atoms with Crippen molar-refractivity contribution in [3.8, 4) is 0 Å². The van der Waals surface area contributed by atoms with E-state index in [1.165, 1.54) is 0 Å². The minimum Gasteiger partial charge on any atom is -0.385 e. The summed E-state index contributed by atoms with van der Waals surface area (Å²) in [5, 5.41) is 7.89. The van der Waals surface area contributed by atoms with E-state index in [4.69, 9.17) is 14.9 Å². The normalized spacial score (nSPS) is 10.3. The highest BCUT2D eigenvalue weighted by molar-refractivity contribution is 5.79. The van der Waals surface area contributed by atoms with Gasteiger partial charge in [-0.25, -0.2) is 0 Å². The molecule has 0 aromatic heterocycles. The Morgan fingerprint density at radius 2 is 1.80 bits per heavy atom. The molecule has 0 unspecified atom stereocenters. The molecule has 0 amide bonds. The van der Waals surface area contributed by atoms with Gasteiger partial charge in [-0.1, -0.05) is 6.92 Å². The third-order valence-electron chi connectivity index (χ3n) is 2.21. The molecule has 0 aliphatic heterocycles. The Balaban J connectivity index is 3.87. The Kier molecular flexibility index (Phi) is 9.52. The number of methoxy groups -OCH3 is 2. The second-order valence-electron chi connectivity index (χ2n) is 3.52. The first-order valence-corrected chi connectivity index (χ1v) is 5.56. The highest BCUT2D eigenvalue weighted by Gasteiger charge is 2.07. The van der Waals surface area contributed by atoms with E-state index >= 15 is 0 Å². The number of amidine groups is 1. The maximum absolute atomic E-state index is 7.89. The molecular weight excluding hydrogens is 192 g/mol. The van der Waals surface area contributed by atoms with E-state index in [1.807, 2.05) is 0 Å². The van der Waals surface area contributed by atoms with Crippen molar-refractivity contribution >= 4 is 5.84 Å². The average Bonchev–Trinajstić information content (AvgIpc) is 2.23. The molecule has 0 fully saturated rings. The molecular formula is C11H24N2O2. The van der Waals surface area contributed by atoms with Crippen LogP contribution < -0.4 is 0 Å². The molecule has 0 aliphatic carbocycles. The van der Waals surface area contributed by atoms with E-state index in [9.17, 15) is 0 Å². The van der Waals surface area contributed by atoms with Crippen molar-refractivity contribution in [2.24, 2.45) is 0 Å². The minimum atomic E-state index is 0.680. The fourth-order valence-corrected chi connectivity index (χ4v) is 1.38. The predicted octanol–water partition coefficient (Wildman–Crippen LogP) is 1.75. The quantitative estimate of drug-likeness (QED) is 0.363. The predicted molar refractivity (Wildman–Crippen MR) is 62.6 cm³/mol. The summed E-state index contributed by atoms with van der Waals surface area (Å²) >= 11 is 0. The van der Waals surface area contributed by atoms with Gasteiger partial charge in [-0.15, -0.1) is 0 Å². The van der Waals surface area contributed by atoms with Gasteiger partial charge in [-0.2, -0.15) is 0 Å². The molecule has 0 saturated carbocycles. The van der Waals surface area contributed by atoms with Crippen LogP contribution >= 0.6 is 0 Å². The Morgan fingerprint density at radius 3 is 2.33 bits per heavy atom. The Morgan fingerprint density at radius 1 is 1.13 bits per heavy atom. The number of nitrogens with zero attached hydrogens (tertiary/aromatic N) is 1. The first kappa shape index (κ1) is 14.4. The van der Waals surface area contributed by atoms with Gasteiger partial charge in [0, 0.05) is 40.3 Å². The summed E-state index contributed by atoms with van der Waals surface area (Å²) in [7, 11) is 3.40. The number of rotatable bonds is 9. The zero-order valence-electron chi connectivity index (χ0n) is 10.2. The molecule has 0 rings (SSSR count). The Hall–Kier alpha value is -0.610. The second-order valence-corrected chi connectivity index (χ2v) is 3.52. The Labute approximate surface area is 93.1 Å². The summed E-state index contributed by atoms with van der Waals surface area (Å²) in [6, 6.07) is 0. The van der Waals surface area contributed by atoms with Gasteiger partial charge in [-0.3, -0.25) is 5.41 Å². The molecule has 0 aromatic carbocycles. The standard InChI is InChI=1S/C11H24N2O2/c1-4-6-11(12)13(8-10-15-3)7-5-9-14-2/h12H,4-10H2,1-3H3. The van der Waals surface area contributed by atoms with Gasteiger partial charge in [0.1, 0.15) is 0 Å². The SMILES string of the molecule is CCCC(=N)N(CCCOC)CCOC. The van der Waals surface area contributed by atoms with Crippen LogP contribution in [0.15, 0.2) is 0 Å². The van der Waals surface area contributed by atoms with E-state index < -0.39 is 0 Å². The van der Waals surface area contributed by atoms with Crippen molar-refractivity contribution in [2.45, 2.75) is 26.2 Å². The summed E-state index contributed by atoms with van der Waals surface area (Å²) in [5.74, 6) is 0.714. The van der Waals surface area contributed by atoms with Gasteiger partial charge in [0.2, 0.25) is 0 Å². The van der Waals surface area contributed by atoms with E-state index in [-0.39, 0.29) is 0 Å². The highest BCUT2D eigenvalue weighted by Crippen LogP contribution is 2.00. The van der Waals surface area contributed by atoms with E-state index in [2.05, 4.69) is 11.8 Å². The lowest BCUT2D eigenvalue weighted by atomic mass is 10.2. The maximum atomic E-state index is 7.89. The lowest BCUT2D eigenvalue weighted by Gasteiger charge is -2.24. The van der Waals surface area contributed by atoms with Crippen LogP contribution in [0.25, 0.3) is 0 Å². The van der Waals surface area contributed by atoms with Crippen LogP contribution in [0, 0.1) is 5.41 Å². The van der Waals surface area contributed by atoms with E-state index in [0.29, 0.717) is 12.4 Å².